The number of H-pyrrole nitrogens is 1. The Hall–Kier alpha value is -0.570. The lowest BCUT2D eigenvalue weighted by Crippen LogP contribution is -2.34. The number of rotatable bonds is 3. The molecule has 8 heteroatoms. The molecule has 96 valence electrons. The molecule has 1 aromatic heterocycles. The summed E-state index contributed by atoms with van der Waals surface area (Å²) >= 11 is 1.79. The van der Waals surface area contributed by atoms with Gasteiger partial charge >= 0.3 is 0 Å². The van der Waals surface area contributed by atoms with Crippen LogP contribution in [0, 0.1) is 0 Å². The molecule has 1 saturated heterocycles. The second-order valence-electron chi connectivity index (χ2n) is 3.80. The Morgan fingerprint density at radius 3 is 3.06 bits per heavy atom. The van der Waals surface area contributed by atoms with Crippen LogP contribution >= 0.6 is 11.8 Å². The van der Waals surface area contributed by atoms with Crippen LogP contribution in [0.15, 0.2) is 11.2 Å². The van der Waals surface area contributed by atoms with Gasteiger partial charge in [0.15, 0.2) is 5.03 Å². The maximum atomic E-state index is 12.4. The van der Waals surface area contributed by atoms with Crippen LogP contribution in [-0.4, -0.2) is 47.5 Å². The van der Waals surface area contributed by atoms with Gasteiger partial charge in [-0.1, -0.05) is 0 Å². The second kappa shape index (κ2) is 5.38. The van der Waals surface area contributed by atoms with Crippen molar-refractivity contribution in [3.05, 3.63) is 11.8 Å². The van der Waals surface area contributed by atoms with Crippen LogP contribution in [0.3, 0.4) is 0 Å². The van der Waals surface area contributed by atoms with Crippen molar-refractivity contribution in [2.24, 2.45) is 5.73 Å². The lowest BCUT2D eigenvalue weighted by atomic mass is 10.4. The standard InChI is InChI=1S/C9H16N4O2S2/c10-6-8-7-11-12-9(8)17(14,15)13-2-1-4-16-5-3-13/h7H,1-6,10H2,(H,11,12). The number of nitrogens with two attached hydrogens (primary N) is 1. The minimum absolute atomic E-state index is 0.145. The summed E-state index contributed by atoms with van der Waals surface area (Å²) in [5.74, 6) is 1.85. The van der Waals surface area contributed by atoms with Gasteiger partial charge < -0.3 is 5.73 Å². The Kier molecular flexibility index (Phi) is 4.08. The van der Waals surface area contributed by atoms with E-state index in [0.717, 1.165) is 17.9 Å². The molecule has 2 rings (SSSR count). The maximum Gasteiger partial charge on any atom is 0.260 e. The predicted molar refractivity (Wildman–Crippen MR) is 67.2 cm³/mol. The molecule has 0 bridgehead atoms. The average Bonchev–Trinajstić information content (AvgIpc) is 2.63. The molecule has 17 heavy (non-hydrogen) atoms. The first-order chi connectivity index (χ1) is 8.16. The van der Waals surface area contributed by atoms with Gasteiger partial charge in [-0.2, -0.15) is 21.2 Å². The highest BCUT2D eigenvalue weighted by Gasteiger charge is 2.28. The molecule has 0 amide bonds. The molecule has 1 aliphatic rings. The van der Waals surface area contributed by atoms with E-state index in [1.165, 1.54) is 10.5 Å². The van der Waals surface area contributed by atoms with E-state index in [1.54, 1.807) is 11.8 Å². The van der Waals surface area contributed by atoms with Gasteiger partial charge in [0.25, 0.3) is 10.0 Å². The summed E-state index contributed by atoms with van der Waals surface area (Å²) in [5.41, 5.74) is 6.05. The summed E-state index contributed by atoms with van der Waals surface area (Å²) in [5, 5.41) is 6.45. The summed E-state index contributed by atoms with van der Waals surface area (Å²) in [4.78, 5) is 0. The number of aromatic amines is 1. The number of sulfonamides is 1. The van der Waals surface area contributed by atoms with Gasteiger partial charge in [0.1, 0.15) is 0 Å². The highest BCUT2D eigenvalue weighted by molar-refractivity contribution is 7.99. The first-order valence-corrected chi connectivity index (χ1v) is 8.06. The number of hydrogen-bond acceptors (Lipinski definition) is 5. The number of hydrogen-bond donors (Lipinski definition) is 2. The van der Waals surface area contributed by atoms with Gasteiger partial charge in [0, 0.05) is 31.0 Å². The van der Waals surface area contributed by atoms with E-state index in [2.05, 4.69) is 10.2 Å². The van der Waals surface area contributed by atoms with Crippen molar-refractivity contribution in [1.82, 2.24) is 14.5 Å². The lowest BCUT2D eigenvalue weighted by molar-refractivity contribution is 0.432. The van der Waals surface area contributed by atoms with Crippen LogP contribution in [0.4, 0.5) is 0 Å². The van der Waals surface area contributed by atoms with E-state index < -0.39 is 10.0 Å². The summed E-state index contributed by atoms with van der Waals surface area (Å²) in [6.45, 7) is 1.29. The number of aromatic nitrogens is 2. The number of nitrogens with zero attached hydrogens (tertiary/aromatic N) is 2. The lowest BCUT2D eigenvalue weighted by Gasteiger charge is -2.19. The summed E-state index contributed by atoms with van der Waals surface area (Å²) in [7, 11) is -3.46. The highest BCUT2D eigenvalue weighted by atomic mass is 32.2. The van der Waals surface area contributed by atoms with E-state index in [1.807, 2.05) is 0 Å². The van der Waals surface area contributed by atoms with Crippen LogP contribution in [0.25, 0.3) is 0 Å². The minimum Gasteiger partial charge on any atom is -0.326 e. The van der Waals surface area contributed by atoms with E-state index in [9.17, 15) is 8.42 Å². The zero-order valence-electron chi connectivity index (χ0n) is 9.42. The van der Waals surface area contributed by atoms with Crippen LogP contribution in [0.1, 0.15) is 12.0 Å². The van der Waals surface area contributed by atoms with E-state index in [-0.39, 0.29) is 11.6 Å². The van der Waals surface area contributed by atoms with E-state index in [4.69, 9.17) is 5.73 Å². The zero-order chi connectivity index (χ0) is 12.3. The third-order valence-electron chi connectivity index (χ3n) is 2.68. The normalized spacial score (nSPS) is 19.1. The summed E-state index contributed by atoms with van der Waals surface area (Å²) in [6.07, 6.45) is 2.36. The van der Waals surface area contributed by atoms with Gasteiger partial charge in [-0.15, -0.1) is 0 Å². The number of thioether (sulfide) groups is 1. The topological polar surface area (TPSA) is 92.1 Å². The van der Waals surface area contributed by atoms with E-state index in [0.29, 0.717) is 18.7 Å². The Morgan fingerprint density at radius 1 is 1.47 bits per heavy atom. The van der Waals surface area contributed by atoms with Gasteiger partial charge in [-0.05, 0) is 12.2 Å². The fourth-order valence-corrected chi connectivity index (χ4v) is 4.36. The van der Waals surface area contributed by atoms with Crippen LogP contribution < -0.4 is 5.73 Å². The average molecular weight is 276 g/mol. The quantitative estimate of drug-likeness (QED) is 0.810. The van der Waals surface area contributed by atoms with Crippen LogP contribution in [0.2, 0.25) is 0 Å². The Bertz CT molecular complexity index is 463. The third kappa shape index (κ3) is 2.65. The molecular formula is C9H16N4O2S2. The summed E-state index contributed by atoms with van der Waals surface area (Å²) in [6, 6.07) is 0. The largest absolute Gasteiger partial charge is 0.326 e. The Morgan fingerprint density at radius 2 is 2.29 bits per heavy atom. The fourth-order valence-electron chi connectivity index (χ4n) is 1.76. The van der Waals surface area contributed by atoms with Gasteiger partial charge in [-0.25, -0.2) is 8.42 Å². The molecule has 0 aliphatic carbocycles. The highest BCUT2D eigenvalue weighted by Crippen LogP contribution is 2.20. The SMILES string of the molecule is NCc1cn[nH]c1S(=O)(=O)N1CCCSCC1. The smallest absolute Gasteiger partial charge is 0.260 e. The monoisotopic (exact) mass is 276 g/mol. The van der Waals surface area contributed by atoms with Crippen molar-refractivity contribution >= 4 is 21.8 Å². The molecule has 0 saturated carbocycles. The van der Waals surface area contributed by atoms with Crippen LogP contribution in [0.5, 0.6) is 0 Å². The Labute approximate surface area is 105 Å². The zero-order valence-corrected chi connectivity index (χ0v) is 11.1. The molecule has 1 aromatic rings. The molecule has 0 aromatic carbocycles. The van der Waals surface area contributed by atoms with Crippen molar-refractivity contribution < 1.29 is 8.42 Å². The molecular weight excluding hydrogens is 260 g/mol. The first-order valence-electron chi connectivity index (χ1n) is 5.46. The molecule has 2 heterocycles. The molecule has 0 spiro atoms. The molecule has 1 aliphatic heterocycles. The van der Waals surface area contributed by atoms with Gasteiger partial charge in [0.2, 0.25) is 0 Å². The number of nitrogens with one attached hydrogen (secondary N) is 1. The molecule has 3 N–H and O–H groups in total. The fraction of sp³-hybridized carbons (Fsp3) is 0.667. The van der Waals surface area contributed by atoms with Gasteiger partial charge in [0.05, 0.1) is 6.20 Å². The van der Waals surface area contributed by atoms with Crippen molar-refractivity contribution in [1.29, 1.82) is 0 Å². The third-order valence-corrected chi connectivity index (χ3v) is 5.64. The van der Waals surface area contributed by atoms with Crippen LogP contribution in [-0.2, 0) is 16.6 Å². The Balaban J connectivity index is 2.28. The molecule has 0 radical (unpaired) electrons. The molecule has 0 unspecified atom stereocenters. The van der Waals surface area contributed by atoms with Crippen molar-refractivity contribution in [2.45, 2.75) is 18.0 Å². The van der Waals surface area contributed by atoms with E-state index >= 15 is 0 Å². The molecule has 6 nitrogen and oxygen atoms in total. The minimum atomic E-state index is -3.46. The second-order valence-corrected chi connectivity index (χ2v) is 6.90. The predicted octanol–water partition coefficient (Wildman–Crippen LogP) is -0.00400. The van der Waals surface area contributed by atoms with Crippen molar-refractivity contribution in [3.63, 3.8) is 0 Å². The molecule has 1 fully saturated rings. The van der Waals surface area contributed by atoms with Gasteiger partial charge in [-0.3, -0.25) is 5.10 Å². The first kappa shape index (κ1) is 12.9. The maximum absolute atomic E-state index is 12.4. The summed E-state index contributed by atoms with van der Waals surface area (Å²) < 4.78 is 26.3. The molecule has 0 atom stereocenters. The van der Waals surface area contributed by atoms with Crippen molar-refractivity contribution in [2.75, 3.05) is 24.6 Å². The van der Waals surface area contributed by atoms with Crippen molar-refractivity contribution in [3.8, 4) is 0 Å².